The van der Waals surface area contributed by atoms with E-state index in [1.807, 2.05) is 0 Å². The summed E-state index contributed by atoms with van der Waals surface area (Å²) < 4.78 is 2.41. The number of likely N-dealkylation sites (N-methyl/N-ethyl adjacent to an activating group) is 1. The molecule has 1 aliphatic carbocycles. The molecule has 0 saturated heterocycles. The Morgan fingerprint density at radius 2 is 1.35 bits per heavy atom. The molecule has 0 bridgehead atoms. The minimum Gasteiger partial charge on any atom is -0.372 e. The van der Waals surface area contributed by atoms with Crippen LogP contribution in [0.5, 0.6) is 0 Å². The summed E-state index contributed by atoms with van der Waals surface area (Å²) in [5.74, 6) is 0. The highest BCUT2D eigenvalue weighted by atomic mass is 15.2. The van der Waals surface area contributed by atoms with Crippen LogP contribution in [0.2, 0.25) is 0 Å². The Morgan fingerprint density at radius 1 is 0.721 bits per heavy atom. The highest BCUT2D eigenvalue weighted by molar-refractivity contribution is 6.04. The zero-order valence-corrected chi connectivity index (χ0v) is 27.1. The van der Waals surface area contributed by atoms with Crippen LogP contribution in [0, 0.1) is 0 Å². The van der Waals surface area contributed by atoms with Gasteiger partial charge < -0.3 is 14.7 Å². The molecule has 0 unspecified atom stereocenters. The third-order valence-corrected chi connectivity index (χ3v) is 8.95. The second kappa shape index (κ2) is 14.1. The van der Waals surface area contributed by atoms with Crippen molar-refractivity contribution >= 4 is 28.3 Å². The van der Waals surface area contributed by atoms with E-state index in [2.05, 4.69) is 152 Å². The molecule has 4 nitrogen and oxygen atoms in total. The normalized spacial score (nSPS) is 14.1. The number of rotatable bonds is 10. The molecule has 1 heterocycles. The summed E-state index contributed by atoms with van der Waals surface area (Å²) in [6, 6.07) is 25.3. The van der Waals surface area contributed by atoms with Crippen molar-refractivity contribution in [2.24, 2.45) is 0 Å². The zero-order valence-electron chi connectivity index (χ0n) is 27.1. The summed E-state index contributed by atoms with van der Waals surface area (Å²) in [7, 11) is 4.32. The molecule has 0 spiro atoms. The first-order chi connectivity index (χ1) is 21.0. The van der Waals surface area contributed by atoms with E-state index in [1.54, 1.807) is 0 Å². The molecule has 1 aliphatic heterocycles. The highest BCUT2D eigenvalue weighted by Crippen LogP contribution is 2.39. The predicted octanol–water partition coefficient (Wildman–Crippen LogP) is 7.75. The van der Waals surface area contributed by atoms with Gasteiger partial charge in [-0.15, -0.1) is 0 Å². The number of nitrogens with zero attached hydrogens (tertiary/aromatic N) is 4. The van der Waals surface area contributed by atoms with Gasteiger partial charge in [-0.25, -0.2) is 4.58 Å². The van der Waals surface area contributed by atoms with Gasteiger partial charge >= 0.3 is 0 Å². The van der Waals surface area contributed by atoms with Crippen molar-refractivity contribution in [3.63, 3.8) is 0 Å². The quantitative estimate of drug-likeness (QED) is 0.230. The largest absolute Gasteiger partial charge is 0.372 e. The number of allylic oxidation sites excluding steroid dienone is 5. The standard InChI is InChI=1S/C39H49N4/c1-7-41(8-2)35-22-17-31(18-23-35)39(32-19-24-36(25-20-32)42(9-3)10-4)34-21-26-38-33(29-34)16-15-30-13-11-12-14-37(30)43(38)28-27-40(5)6/h11-14,17-26,29H,7-10,15-16,27-28H2,1-6H3/q+1. The predicted molar refractivity (Wildman–Crippen MR) is 187 cm³/mol. The van der Waals surface area contributed by atoms with Gasteiger partial charge in [-0.2, -0.15) is 0 Å². The molecular weight excluding hydrogens is 524 g/mol. The summed E-state index contributed by atoms with van der Waals surface area (Å²) in [6.45, 7) is 14.9. The smallest absolute Gasteiger partial charge is 0.199 e. The molecular formula is C39H49N4+. The number of aryl methyl sites for hydroxylation is 2. The van der Waals surface area contributed by atoms with Gasteiger partial charge in [0.05, 0.1) is 0 Å². The van der Waals surface area contributed by atoms with Gasteiger partial charge in [0.1, 0.15) is 13.1 Å². The van der Waals surface area contributed by atoms with Crippen LogP contribution in [0.25, 0.3) is 5.57 Å². The zero-order chi connectivity index (χ0) is 30.3. The van der Waals surface area contributed by atoms with Crippen LogP contribution in [0.15, 0.2) is 96.6 Å². The molecule has 5 rings (SSSR count). The molecule has 4 heteroatoms. The topological polar surface area (TPSA) is 12.7 Å². The van der Waals surface area contributed by atoms with E-state index < -0.39 is 0 Å². The van der Waals surface area contributed by atoms with E-state index in [0.717, 1.165) is 52.1 Å². The number of benzene rings is 3. The lowest BCUT2D eigenvalue weighted by Crippen LogP contribution is -2.28. The SMILES string of the molecule is CCN(CC)c1ccc(C(=C2C=CC(=[N+](CC)CC)C=C2)c2ccc3c(c2)CCc2ccccc2N3CCN(C)C)cc1. The average molecular weight is 574 g/mol. The number of hydrogen-bond donors (Lipinski definition) is 0. The van der Waals surface area contributed by atoms with Gasteiger partial charge in [-0.3, -0.25) is 0 Å². The molecule has 43 heavy (non-hydrogen) atoms. The maximum Gasteiger partial charge on any atom is 0.199 e. The summed E-state index contributed by atoms with van der Waals surface area (Å²) >= 11 is 0. The first-order valence-electron chi connectivity index (χ1n) is 16.2. The fraction of sp³-hybridized carbons (Fsp3) is 0.359. The third kappa shape index (κ3) is 6.70. The number of anilines is 3. The summed E-state index contributed by atoms with van der Waals surface area (Å²) in [6.07, 6.45) is 11.3. The Balaban J connectivity index is 1.62. The molecule has 0 aromatic heterocycles. The van der Waals surface area contributed by atoms with Crippen molar-refractivity contribution < 1.29 is 4.58 Å². The first kappa shape index (κ1) is 30.6. The fourth-order valence-electron chi connectivity index (χ4n) is 6.49. The van der Waals surface area contributed by atoms with E-state index in [-0.39, 0.29) is 0 Å². The maximum absolute atomic E-state index is 2.54. The summed E-state index contributed by atoms with van der Waals surface area (Å²) in [4.78, 5) is 7.22. The van der Waals surface area contributed by atoms with Gasteiger partial charge in [0.2, 0.25) is 0 Å². The van der Waals surface area contributed by atoms with Gasteiger partial charge in [-0.1, -0.05) is 36.4 Å². The van der Waals surface area contributed by atoms with Crippen molar-refractivity contribution in [1.82, 2.24) is 4.90 Å². The van der Waals surface area contributed by atoms with Gasteiger partial charge in [0, 0.05) is 55.4 Å². The van der Waals surface area contributed by atoms with Crippen LogP contribution in [-0.4, -0.2) is 68.6 Å². The van der Waals surface area contributed by atoms with Crippen molar-refractivity contribution in [2.75, 3.05) is 63.2 Å². The number of para-hydroxylation sites is 1. The van der Waals surface area contributed by atoms with Crippen molar-refractivity contribution in [3.8, 4) is 0 Å². The van der Waals surface area contributed by atoms with Crippen LogP contribution in [0.3, 0.4) is 0 Å². The van der Waals surface area contributed by atoms with Crippen LogP contribution in [0.1, 0.15) is 49.9 Å². The van der Waals surface area contributed by atoms with Crippen molar-refractivity contribution in [2.45, 2.75) is 40.5 Å². The van der Waals surface area contributed by atoms with Crippen LogP contribution in [0.4, 0.5) is 17.1 Å². The minimum absolute atomic E-state index is 0.965. The second-order valence-corrected chi connectivity index (χ2v) is 11.7. The average Bonchev–Trinajstić information content (AvgIpc) is 3.19. The Kier molecular flexibility index (Phi) is 9.99. The molecule has 0 N–H and O–H groups in total. The molecule has 2 aliphatic rings. The van der Waals surface area contributed by atoms with Crippen molar-refractivity contribution in [3.05, 3.63) is 119 Å². The van der Waals surface area contributed by atoms with Crippen LogP contribution < -0.4 is 9.80 Å². The summed E-state index contributed by atoms with van der Waals surface area (Å²) in [5, 5.41) is 0. The molecule has 0 amide bonds. The van der Waals surface area contributed by atoms with E-state index in [1.165, 1.54) is 56.2 Å². The second-order valence-electron chi connectivity index (χ2n) is 11.7. The highest BCUT2D eigenvalue weighted by Gasteiger charge is 2.22. The number of hydrogen-bond acceptors (Lipinski definition) is 3. The first-order valence-corrected chi connectivity index (χ1v) is 16.2. The molecule has 224 valence electrons. The Morgan fingerprint density at radius 3 is 2.00 bits per heavy atom. The maximum atomic E-state index is 2.54. The van der Waals surface area contributed by atoms with Crippen LogP contribution in [-0.2, 0) is 12.8 Å². The molecule has 0 saturated carbocycles. The van der Waals surface area contributed by atoms with E-state index >= 15 is 0 Å². The van der Waals surface area contributed by atoms with Gasteiger partial charge in [0.15, 0.2) is 5.71 Å². The van der Waals surface area contributed by atoms with E-state index in [9.17, 15) is 0 Å². The fourth-order valence-corrected chi connectivity index (χ4v) is 6.49. The lowest BCUT2D eigenvalue weighted by Gasteiger charge is -2.29. The lowest BCUT2D eigenvalue weighted by atomic mass is 9.89. The third-order valence-electron chi connectivity index (χ3n) is 8.95. The Hall–Kier alpha value is -3.89. The summed E-state index contributed by atoms with van der Waals surface area (Å²) in [5.41, 5.74) is 13.2. The molecule has 3 aromatic rings. The molecule has 0 radical (unpaired) electrons. The van der Waals surface area contributed by atoms with Gasteiger partial charge in [-0.05, 0) is 131 Å². The molecule has 3 aromatic carbocycles. The monoisotopic (exact) mass is 573 g/mol. The number of fused-ring (bicyclic) bond motifs is 2. The lowest BCUT2D eigenvalue weighted by molar-refractivity contribution is -0.519. The van der Waals surface area contributed by atoms with Crippen molar-refractivity contribution in [1.29, 1.82) is 0 Å². The van der Waals surface area contributed by atoms with Gasteiger partial charge in [0.25, 0.3) is 0 Å². The van der Waals surface area contributed by atoms with E-state index in [0.29, 0.717) is 0 Å². The van der Waals surface area contributed by atoms with E-state index in [4.69, 9.17) is 0 Å². The van der Waals surface area contributed by atoms with Crippen LogP contribution >= 0.6 is 0 Å². The molecule has 0 fully saturated rings. The Labute approximate surface area is 260 Å². The minimum atomic E-state index is 0.965. The molecule has 0 atom stereocenters. The Bertz CT molecular complexity index is 1510.